The zero-order valence-corrected chi connectivity index (χ0v) is 14.6. The molecular weight excluding hydrogens is 318 g/mol. The molecule has 0 radical (unpaired) electrons. The number of carbonyl (C=O) groups is 2. The second-order valence-corrected chi connectivity index (χ2v) is 6.61. The molecule has 25 heavy (non-hydrogen) atoms. The van der Waals surface area contributed by atoms with Crippen molar-refractivity contribution in [3.05, 3.63) is 59.0 Å². The van der Waals surface area contributed by atoms with Crippen molar-refractivity contribution in [1.82, 2.24) is 4.90 Å². The maximum absolute atomic E-state index is 12.4. The zero-order valence-electron chi connectivity index (χ0n) is 14.6. The molecule has 3 rings (SSSR count). The second kappa shape index (κ2) is 6.20. The summed E-state index contributed by atoms with van der Waals surface area (Å²) < 4.78 is 5.27. The van der Waals surface area contributed by atoms with Crippen LogP contribution in [-0.4, -0.2) is 29.6 Å². The number of hydrogen-bond donors (Lipinski definition) is 1. The van der Waals surface area contributed by atoms with Crippen molar-refractivity contribution in [3.8, 4) is 0 Å². The Bertz CT molecular complexity index is 868. The number of furan rings is 1. The van der Waals surface area contributed by atoms with Crippen molar-refractivity contribution in [1.29, 1.82) is 0 Å². The summed E-state index contributed by atoms with van der Waals surface area (Å²) in [6.45, 7) is 3.72. The highest BCUT2D eigenvalue weighted by atomic mass is 16.3. The number of aryl methyl sites for hydroxylation is 1. The van der Waals surface area contributed by atoms with Crippen molar-refractivity contribution in [2.45, 2.75) is 32.2 Å². The highest BCUT2D eigenvalue weighted by Gasteiger charge is 2.36. The summed E-state index contributed by atoms with van der Waals surface area (Å²) >= 11 is 0. The lowest BCUT2D eigenvalue weighted by atomic mass is 9.86. The molecule has 1 aromatic carbocycles. The summed E-state index contributed by atoms with van der Waals surface area (Å²) in [6.07, 6.45) is 1.98. The van der Waals surface area contributed by atoms with Crippen LogP contribution in [-0.2, 0) is 16.8 Å². The predicted octanol–water partition coefficient (Wildman–Crippen LogP) is 2.41. The highest BCUT2D eigenvalue weighted by molar-refractivity contribution is 5.99. The molecule has 0 spiro atoms. The average Bonchev–Trinajstić information content (AvgIpc) is 2.99. The highest BCUT2D eigenvalue weighted by Crippen LogP contribution is 2.33. The van der Waals surface area contributed by atoms with Gasteiger partial charge in [-0.15, -0.1) is 0 Å². The largest absolute Gasteiger partial charge is 0.461 e. The number of amides is 1. The van der Waals surface area contributed by atoms with Crippen LogP contribution in [0.25, 0.3) is 0 Å². The van der Waals surface area contributed by atoms with Gasteiger partial charge in [0.25, 0.3) is 0 Å². The minimum Gasteiger partial charge on any atom is -0.461 e. The molecule has 2 N–H and O–H groups in total. The van der Waals surface area contributed by atoms with Gasteiger partial charge in [0.15, 0.2) is 11.7 Å². The molecule has 0 aliphatic carbocycles. The molecule has 0 saturated carbocycles. The Labute approximate surface area is 146 Å². The first-order valence-corrected chi connectivity index (χ1v) is 8.09. The third-order valence-electron chi connectivity index (χ3n) is 4.60. The predicted molar refractivity (Wildman–Crippen MR) is 94.3 cm³/mol. The van der Waals surface area contributed by atoms with Crippen LogP contribution in [0.15, 0.2) is 46.0 Å². The number of ketones is 1. The van der Waals surface area contributed by atoms with Crippen molar-refractivity contribution in [2.75, 3.05) is 7.05 Å². The van der Waals surface area contributed by atoms with E-state index in [4.69, 9.17) is 10.2 Å². The summed E-state index contributed by atoms with van der Waals surface area (Å²) in [4.78, 5) is 30.4. The third-order valence-corrected chi connectivity index (χ3v) is 4.60. The summed E-state index contributed by atoms with van der Waals surface area (Å²) in [5.41, 5.74) is 7.67. The molecule has 1 aliphatic heterocycles. The molecule has 1 atom stereocenters. The Hall–Kier alpha value is -2.89. The van der Waals surface area contributed by atoms with Gasteiger partial charge in [0.05, 0.1) is 18.2 Å². The van der Waals surface area contributed by atoms with E-state index in [-0.39, 0.29) is 30.5 Å². The van der Waals surface area contributed by atoms with Gasteiger partial charge >= 0.3 is 0 Å². The Morgan fingerprint density at radius 1 is 1.40 bits per heavy atom. The van der Waals surface area contributed by atoms with Gasteiger partial charge in [-0.25, -0.2) is 4.99 Å². The maximum Gasteiger partial charge on any atom is 0.231 e. The molecule has 1 aliphatic rings. The lowest BCUT2D eigenvalue weighted by Crippen LogP contribution is -2.47. The van der Waals surface area contributed by atoms with E-state index in [1.165, 1.54) is 11.2 Å². The van der Waals surface area contributed by atoms with E-state index in [0.717, 1.165) is 16.7 Å². The van der Waals surface area contributed by atoms with Crippen LogP contribution >= 0.6 is 0 Å². The number of aliphatic imine (C=N–C) groups is 1. The molecular formula is C19H21N3O3. The first-order chi connectivity index (χ1) is 11.8. The van der Waals surface area contributed by atoms with Crippen LogP contribution in [0, 0.1) is 6.92 Å². The van der Waals surface area contributed by atoms with Gasteiger partial charge in [-0.1, -0.05) is 24.3 Å². The SMILES string of the molecule is Cc1ccoc1C(=O)Cc1cccc(C2(C)CC(=O)N(C)C(N)=N2)c1. The van der Waals surface area contributed by atoms with E-state index in [1.807, 2.05) is 38.1 Å². The molecule has 130 valence electrons. The molecule has 6 nitrogen and oxygen atoms in total. The Morgan fingerprint density at radius 2 is 2.16 bits per heavy atom. The summed E-state index contributed by atoms with van der Waals surface area (Å²) in [6, 6.07) is 9.33. The van der Waals surface area contributed by atoms with Gasteiger partial charge in [-0.3, -0.25) is 14.5 Å². The first-order valence-electron chi connectivity index (χ1n) is 8.09. The van der Waals surface area contributed by atoms with E-state index in [1.54, 1.807) is 13.1 Å². The number of Topliss-reactive ketones (excluding diaryl/α,β-unsaturated/α-hetero) is 1. The smallest absolute Gasteiger partial charge is 0.231 e. The van der Waals surface area contributed by atoms with Gasteiger partial charge in [0.2, 0.25) is 11.7 Å². The molecule has 1 aromatic heterocycles. The number of rotatable bonds is 4. The third kappa shape index (κ3) is 3.20. The monoisotopic (exact) mass is 339 g/mol. The molecule has 0 fully saturated rings. The van der Waals surface area contributed by atoms with Crippen LogP contribution in [0.4, 0.5) is 0 Å². The van der Waals surface area contributed by atoms with E-state index < -0.39 is 5.54 Å². The second-order valence-electron chi connectivity index (χ2n) is 6.61. The van der Waals surface area contributed by atoms with Gasteiger partial charge < -0.3 is 10.2 Å². The summed E-state index contributed by atoms with van der Waals surface area (Å²) in [5, 5.41) is 0. The molecule has 0 saturated heterocycles. The van der Waals surface area contributed by atoms with Crippen molar-refractivity contribution >= 4 is 17.6 Å². The quantitative estimate of drug-likeness (QED) is 0.866. The number of carbonyl (C=O) groups excluding carboxylic acids is 2. The minimum absolute atomic E-state index is 0.0766. The van der Waals surface area contributed by atoms with Gasteiger partial charge in [0.1, 0.15) is 0 Å². The summed E-state index contributed by atoms with van der Waals surface area (Å²) in [5.74, 6) is 0.426. The molecule has 1 unspecified atom stereocenters. The van der Waals surface area contributed by atoms with Crippen LogP contribution in [0.3, 0.4) is 0 Å². The topological polar surface area (TPSA) is 88.9 Å². The number of hydrogen-bond acceptors (Lipinski definition) is 5. The fraction of sp³-hybridized carbons (Fsp3) is 0.316. The summed E-state index contributed by atoms with van der Waals surface area (Å²) in [7, 11) is 1.61. The van der Waals surface area contributed by atoms with Crippen LogP contribution < -0.4 is 5.73 Å². The fourth-order valence-corrected chi connectivity index (χ4v) is 3.02. The minimum atomic E-state index is -0.729. The average molecular weight is 339 g/mol. The zero-order chi connectivity index (χ0) is 18.2. The van der Waals surface area contributed by atoms with Crippen molar-refractivity contribution in [2.24, 2.45) is 10.7 Å². The van der Waals surface area contributed by atoms with E-state index >= 15 is 0 Å². The number of nitrogens with two attached hydrogens (primary N) is 1. The van der Waals surface area contributed by atoms with Crippen LogP contribution in [0.2, 0.25) is 0 Å². The first kappa shape index (κ1) is 17.0. The van der Waals surface area contributed by atoms with Crippen LogP contribution in [0.5, 0.6) is 0 Å². The molecule has 2 heterocycles. The number of nitrogens with zero attached hydrogens (tertiary/aromatic N) is 2. The van der Waals surface area contributed by atoms with Crippen molar-refractivity contribution in [3.63, 3.8) is 0 Å². The fourth-order valence-electron chi connectivity index (χ4n) is 3.02. The van der Waals surface area contributed by atoms with Gasteiger partial charge in [-0.2, -0.15) is 0 Å². The normalized spacial score (nSPS) is 20.5. The Kier molecular flexibility index (Phi) is 4.20. The number of guanidine groups is 1. The molecule has 6 heteroatoms. The van der Waals surface area contributed by atoms with E-state index in [0.29, 0.717) is 5.76 Å². The van der Waals surface area contributed by atoms with E-state index in [9.17, 15) is 9.59 Å². The Morgan fingerprint density at radius 3 is 2.80 bits per heavy atom. The Balaban J connectivity index is 1.88. The maximum atomic E-state index is 12.4. The van der Waals surface area contributed by atoms with Gasteiger partial charge in [-0.05, 0) is 36.6 Å². The van der Waals surface area contributed by atoms with Gasteiger partial charge in [0, 0.05) is 13.5 Å². The lowest BCUT2D eigenvalue weighted by Gasteiger charge is -2.33. The van der Waals surface area contributed by atoms with Crippen molar-refractivity contribution < 1.29 is 14.0 Å². The standard InChI is InChI=1S/C19H21N3O3/c1-12-7-8-25-17(12)15(23)10-13-5-4-6-14(9-13)19(2)11-16(24)22(3)18(20)21-19/h4-9H,10-11H2,1-3H3,(H2,20,21). The van der Waals surface area contributed by atoms with Crippen LogP contribution in [0.1, 0.15) is 40.6 Å². The molecule has 0 bridgehead atoms. The lowest BCUT2D eigenvalue weighted by molar-refractivity contribution is -0.128. The number of benzene rings is 1. The molecule has 1 amide bonds. The van der Waals surface area contributed by atoms with E-state index in [2.05, 4.69) is 4.99 Å². The molecule has 2 aromatic rings.